The van der Waals surface area contributed by atoms with Crippen molar-refractivity contribution in [3.63, 3.8) is 0 Å². The maximum atomic E-state index is 13.1. The maximum Gasteiger partial charge on any atom is 0.317 e. The lowest BCUT2D eigenvalue weighted by atomic mass is 9.96. The third-order valence-corrected chi connectivity index (χ3v) is 5.34. The topological polar surface area (TPSA) is 81.8 Å². The molecule has 1 saturated heterocycles. The first-order valence-electron chi connectivity index (χ1n) is 9.90. The molecule has 2 fully saturated rings. The minimum absolute atomic E-state index is 0.00615. The van der Waals surface area contributed by atoms with Crippen molar-refractivity contribution in [2.24, 2.45) is 11.8 Å². The smallest absolute Gasteiger partial charge is 0.317 e. The van der Waals surface area contributed by atoms with E-state index in [9.17, 15) is 14.4 Å². The predicted octanol–water partition coefficient (Wildman–Crippen LogP) is 1.58. The minimum Gasteiger partial charge on any atom is -0.344 e. The van der Waals surface area contributed by atoms with E-state index >= 15 is 0 Å². The molecule has 0 aromatic heterocycles. The van der Waals surface area contributed by atoms with E-state index in [0.717, 1.165) is 19.3 Å². The number of hydrogen-bond acceptors (Lipinski definition) is 3. The molecule has 2 aliphatic rings. The van der Waals surface area contributed by atoms with Crippen LogP contribution in [-0.4, -0.2) is 65.4 Å². The van der Waals surface area contributed by atoms with E-state index in [-0.39, 0.29) is 41.8 Å². The number of rotatable bonds is 6. The first-order chi connectivity index (χ1) is 12.2. The number of hydrogen-bond donors (Lipinski definition) is 2. The molecule has 1 saturated carbocycles. The molecule has 3 atom stereocenters. The first-order valence-corrected chi connectivity index (χ1v) is 9.90. The summed E-state index contributed by atoms with van der Waals surface area (Å²) in [4.78, 5) is 41.1. The van der Waals surface area contributed by atoms with Gasteiger partial charge in [0.1, 0.15) is 6.04 Å². The van der Waals surface area contributed by atoms with E-state index < -0.39 is 6.04 Å². The Kier molecular flexibility index (Phi) is 6.89. The molecule has 7 heteroatoms. The zero-order chi connectivity index (χ0) is 19.4. The lowest BCUT2D eigenvalue weighted by Gasteiger charge is -2.41. The largest absolute Gasteiger partial charge is 0.344 e. The van der Waals surface area contributed by atoms with Crippen LogP contribution in [0.5, 0.6) is 0 Å². The predicted molar refractivity (Wildman–Crippen MR) is 101 cm³/mol. The van der Waals surface area contributed by atoms with Gasteiger partial charge in [-0.25, -0.2) is 4.79 Å². The van der Waals surface area contributed by atoms with Gasteiger partial charge < -0.3 is 20.4 Å². The summed E-state index contributed by atoms with van der Waals surface area (Å²) in [6.07, 6.45) is 2.68. The summed E-state index contributed by atoms with van der Waals surface area (Å²) >= 11 is 0. The van der Waals surface area contributed by atoms with Crippen molar-refractivity contribution in [1.82, 2.24) is 20.4 Å². The van der Waals surface area contributed by atoms with Crippen LogP contribution >= 0.6 is 0 Å². The molecule has 0 bridgehead atoms. The Balaban J connectivity index is 1.98. The van der Waals surface area contributed by atoms with Crippen LogP contribution in [0.3, 0.4) is 0 Å². The summed E-state index contributed by atoms with van der Waals surface area (Å²) < 4.78 is 0. The third-order valence-electron chi connectivity index (χ3n) is 5.34. The molecule has 1 heterocycles. The van der Waals surface area contributed by atoms with Gasteiger partial charge in [-0.15, -0.1) is 0 Å². The molecule has 1 aliphatic heterocycles. The van der Waals surface area contributed by atoms with Crippen LogP contribution < -0.4 is 10.6 Å². The average molecular weight is 367 g/mol. The van der Waals surface area contributed by atoms with E-state index in [1.807, 2.05) is 34.6 Å². The summed E-state index contributed by atoms with van der Waals surface area (Å²) in [6.45, 7) is 11.4. The Morgan fingerprint density at radius 1 is 1.08 bits per heavy atom. The fraction of sp³-hybridized carbons (Fsp3) is 0.842. The molecule has 4 amide bonds. The van der Waals surface area contributed by atoms with Gasteiger partial charge in [0.25, 0.3) is 0 Å². The number of carbonyl (C=O) groups excluding carboxylic acids is 3. The van der Waals surface area contributed by atoms with Crippen LogP contribution in [0, 0.1) is 11.8 Å². The Morgan fingerprint density at radius 3 is 2.23 bits per heavy atom. The highest BCUT2D eigenvalue weighted by Crippen LogP contribution is 2.29. The Hall–Kier alpha value is -1.79. The number of amides is 4. The van der Waals surface area contributed by atoms with Crippen LogP contribution in [0.4, 0.5) is 4.79 Å². The van der Waals surface area contributed by atoms with Crippen molar-refractivity contribution < 1.29 is 14.4 Å². The lowest BCUT2D eigenvalue weighted by Crippen LogP contribution is -2.61. The highest BCUT2D eigenvalue weighted by molar-refractivity contribution is 5.89. The van der Waals surface area contributed by atoms with Crippen LogP contribution in [-0.2, 0) is 9.59 Å². The van der Waals surface area contributed by atoms with E-state index in [1.54, 1.807) is 9.80 Å². The minimum atomic E-state index is -0.476. The van der Waals surface area contributed by atoms with Crippen molar-refractivity contribution in [3.05, 3.63) is 0 Å². The Bertz CT molecular complexity index is 533. The molecule has 0 spiro atoms. The van der Waals surface area contributed by atoms with Gasteiger partial charge in [-0.1, -0.05) is 20.3 Å². The summed E-state index contributed by atoms with van der Waals surface area (Å²) in [5.41, 5.74) is 0. The summed E-state index contributed by atoms with van der Waals surface area (Å²) in [6, 6.07) is -0.526. The molecule has 2 rings (SSSR count). The molecule has 3 unspecified atom stereocenters. The van der Waals surface area contributed by atoms with Crippen molar-refractivity contribution in [2.45, 2.75) is 72.0 Å². The molecule has 0 aromatic rings. The number of piperazine rings is 1. The Morgan fingerprint density at radius 2 is 1.73 bits per heavy atom. The number of urea groups is 1. The Labute approximate surface area is 156 Å². The molecular weight excluding hydrogens is 332 g/mol. The van der Waals surface area contributed by atoms with Gasteiger partial charge in [0.2, 0.25) is 11.8 Å². The van der Waals surface area contributed by atoms with E-state index in [1.165, 1.54) is 0 Å². The second-order valence-corrected chi connectivity index (χ2v) is 8.08. The van der Waals surface area contributed by atoms with Gasteiger partial charge in [0.05, 0.1) is 0 Å². The van der Waals surface area contributed by atoms with Gasteiger partial charge in [0, 0.05) is 37.6 Å². The van der Waals surface area contributed by atoms with E-state index in [4.69, 9.17) is 0 Å². The van der Waals surface area contributed by atoms with Crippen molar-refractivity contribution >= 4 is 17.8 Å². The quantitative estimate of drug-likeness (QED) is 0.749. The van der Waals surface area contributed by atoms with Crippen molar-refractivity contribution in [3.8, 4) is 0 Å². The van der Waals surface area contributed by atoms with Gasteiger partial charge in [-0.3, -0.25) is 9.59 Å². The van der Waals surface area contributed by atoms with Gasteiger partial charge >= 0.3 is 6.03 Å². The summed E-state index contributed by atoms with van der Waals surface area (Å²) in [5, 5.41) is 5.89. The normalized spacial score (nSPS) is 22.8. The highest BCUT2D eigenvalue weighted by atomic mass is 16.2. The summed E-state index contributed by atoms with van der Waals surface area (Å²) in [7, 11) is 0. The second-order valence-electron chi connectivity index (χ2n) is 8.08. The average Bonchev–Trinajstić information content (AvgIpc) is 3.42. The number of carbonyl (C=O) groups is 3. The van der Waals surface area contributed by atoms with E-state index in [2.05, 4.69) is 10.6 Å². The first kappa shape index (κ1) is 20.5. The zero-order valence-corrected chi connectivity index (χ0v) is 16.7. The fourth-order valence-electron chi connectivity index (χ4n) is 3.29. The van der Waals surface area contributed by atoms with Crippen molar-refractivity contribution in [2.75, 3.05) is 19.6 Å². The second kappa shape index (κ2) is 8.73. The maximum absolute atomic E-state index is 13.1. The molecule has 26 heavy (non-hydrogen) atoms. The molecule has 2 N–H and O–H groups in total. The fourth-order valence-corrected chi connectivity index (χ4v) is 3.29. The van der Waals surface area contributed by atoms with Gasteiger partial charge in [-0.05, 0) is 39.5 Å². The highest BCUT2D eigenvalue weighted by Gasteiger charge is 2.38. The van der Waals surface area contributed by atoms with Gasteiger partial charge in [-0.2, -0.15) is 0 Å². The van der Waals surface area contributed by atoms with Crippen LogP contribution in [0.15, 0.2) is 0 Å². The van der Waals surface area contributed by atoms with Gasteiger partial charge in [0.15, 0.2) is 0 Å². The van der Waals surface area contributed by atoms with Crippen molar-refractivity contribution in [1.29, 1.82) is 0 Å². The van der Waals surface area contributed by atoms with Crippen LogP contribution in [0.2, 0.25) is 0 Å². The number of nitrogens with zero attached hydrogens (tertiary/aromatic N) is 2. The van der Waals surface area contributed by atoms with Crippen LogP contribution in [0.1, 0.15) is 53.9 Å². The van der Waals surface area contributed by atoms with E-state index in [0.29, 0.717) is 19.6 Å². The molecule has 0 aromatic carbocycles. The molecule has 148 valence electrons. The SMILES string of the molecule is CCC(C)C(NC(=O)C1CC1)C(=O)N1CCN(C(=O)NC(C)C)C(C)C1. The molecular formula is C19H34N4O3. The van der Waals surface area contributed by atoms with Crippen LogP contribution in [0.25, 0.3) is 0 Å². The molecule has 7 nitrogen and oxygen atoms in total. The summed E-state index contributed by atoms with van der Waals surface area (Å²) in [5.74, 6) is 0.156. The standard InChI is InChI=1S/C19H34N4O3/c1-6-13(4)16(21-17(24)15-7-8-15)18(25)22-9-10-23(14(5)11-22)19(26)20-12(2)3/h12-16H,6-11H2,1-5H3,(H,20,26)(H,21,24). The number of nitrogens with one attached hydrogen (secondary N) is 2. The molecule has 0 radical (unpaired) electrons. The monoisotopic (exact) mass is 366 g/mol. The lowest BCUT2D eigenvalue weighted by molar-refractivity contribution is -0.140. The zero-order valence-electron chi connectivity index (χ0n) is 16.7. The third kappa shape index (κ3) is 5.11. The molecule has 1 aliphatic carbocycles.